The molecule has 5 heteroatoms. The quantitative estimate of drug-likeness (QED) is 0.669. The summed E-state index contributed by atoms with van der Waals surface area (Å²) in [7, 11) is 0. The molecule has 0 aromatic carbocycles. The molecule has 0 saturated heterocycles. The highest BCUT2D eigenvalue weighted by Gasteiger charge is 2.26. The van der Waals surface area contributed by atoms with Gasteiger partial charge in [-0.25, -0.2) is 0 Å². The number of thiophene rings is 1. The molecule has 1 unspecified atom stereocenters. The fourth-order valence-corrected chi connectivity index (χ4v) is 1.66. The second-order valence-electron chi connectivity index (χ2n) is 2.19. The predicted octanol–water partition coefficient (Wildman–Crippen LogP) is 0.402. The smallest absolute Gasteiger partial charge is 0.321 e. The van der Waals surface area contributed by atoms with Crippen LogP contribution in [0.2, 0.25) is 0 Å². The van der Waals surface area contributed by atoms with Crippen molar-refractivity contribution in [2.75, 3.05) is 0 Å². The van der Waals surface area contributed by atoms with E-state index in [0.29, 0.717) is 4.88 Å². The van der Waals surface area contributed by atoms with E-state index in [2.05, 4.69) is 0 Å². The van der Waals surface area contributed by atoms with Crippen LogP contribution in [0.25, 0.3) is 0 Å². The van der Waals surface area contributed by atoms with Crippen LogP contribution >= 0.6 is 11.3 Å². The standard InChI is InChI=1S/C7H7NO3S/c8-6(9)5(7(10)11)4-2-1-3-12-4/h1-3,5H,(H2,8,9)(H,10,11). The number of carboxylic acid groups (broad SMARTS) is 1. The lowest BCUT2D eigenvalue weighted by Gasteiger charge is -2.03. The van der Waals surface area contributed by atoms with E-state index in [-0.39, 0.29) is 0 Å². The van der Waals surface area contributed by atoms with Gasteiger partial charge < -0.3 is 10.8 Å². The van der Waals surface area contributed by atoms with Crippen LogP contribution in [0.15, 0.2) is 17.5 Å². The number of primary amides is 1. The van der Waals surface area contributed by atoms with Crippen molar-refractivity contribution < 1.29 is 14.7 Å². The summed E-state index contributed by atoms with van der Waals surface area (Å²) in [5.74, 6) is -3.24. The first-order chi connectivity index (χ1) is 5.63. The van der Waals surface area contributed by atoms with Crippen LogP contribution in [-0.4, -0.2) is 17.0 Å². The van der Waals surface area contributed by atoms with Gasteiger partial charge in [0.15, 0.2) is 5.92 Å². The minimum absolute atomic E-state index is 0.468. The largest absolute Gasteiger partial charge is 0.480 e. The first kappa shape index (κ1) is 8.73. The van der Waals surface area contributed by atoms with Gasteiger partial charge in [-0.15, -0.1) is 11.3 Å². The molecule has 1 heterocycles. The molecule has 1 atom stereocenters. The topological polar surface area (TPSA) is 80.4 Å². The Morgan fingerprint density at radius 1 is 1.58 bits per heavy atom. The Balaban J connectivity index is 2.96. The summed E-state index contributed by atoms with van der Waals surface area (Å²) >= 11 is 1.21. The summed E-state index contributed by atoms with van der Waals surface area (Å²) in [4.78, 5) is 21.7. The minimum Gasteiger partial charge on any atom is -0.480 e. The van der Waals surface area contributed by atoms with Gasteiger partial charge >= 0.3 is 5.97 Å². The van der Waals surface area contributed by atoms with E-state index >= 15 is 0 Å². The number of hydrogen-bond donors (Lipinski definition) is 2. The van der Waals surface area contributed by atoms with Crippen molar-refractivity contribution in [2.45, 2.75) is 5.92 Å². The molecule has 0 bridgehead atoms. The van der Waals surface area contributed by atoms with Crippen molar-refractivity contribution in [3.05, 3.63) is 22.4 Å². The maximum atomic E-state index is 10.7. The van der Waals surface area contributed by atoms with Crippen molar-refractivity contribution >= 4 is 23.2 Å². The third-order valence-electron chi connectivity index (χ3n) is 1.36. The Bertz CT molecular complexity index is 280. The van der Waals surface area contributed by atoms with Crippen LogP contribution < -0.4 is 5.73 Å². The SMILES string of the molecule is NC(=O)C(C(=O)O)c1cccs1. The van der Waals surface area contributed by atoms with Gasteiger partial charge in [0, 0.05) is 4.88 Å². The molecule has 0 aliphatic heterocycles. The lowest BCUT2D eigenvalue weighted by atomic mass is 10.1. The normalized spacial score (nSPS) is 12.3. The zero-order valence-corrected chi connectivity index (χ0v) is 6.88. The summed E-state index contributed by atoms with van der Waals surface area (Å²) in [6.07, 6.45) is 0. The van der Waals surface area contributed by atoms with E-state index in [9.17, 15) is 9.59 Å². The number of carbonyl (C=O) groups is 2. The van der Waals surface area contributed by atoms with E-state index in [1.807, 2.05) is 0 Å². The molecule has 3 N–H and O–H groups in total. The number of aliphatic carboxylic acids is 1. The number of rotatable bonds is 3. The molecule has 4 nitrogen and oxygen atoms in total. The Labute approximate surface area is 72.6 Å². The van der Waals surface area contributed by atoms with Crippen molar-refractivity contribution in [3.63, 3.8) is 0 Å². The third kappa shape index (κ3) is 1.62. The number of carbonyl (C=O) groups excluding carboxylic acids is 1. The van der Waals surface area contributed by atoms with Gasteiger partial charge in [0.05, 0.1) is 0 Å². The molecule has 1 aromatic rings. The van der Waals surface area contributed by atoms with Gasteiger partial charge in [-0.2, -0.15) is 0 Å². The number of carboxylic acids is 1. The molecule has 0 radical (unpaired) electrons. The van der Waals surface area contributed by atoms with Gasteiger partial charge in [-0.3, -0.25) is 9.59 Å². The third-order valence-corrected chi connectivity index (χ3v) is 2.30. The van der Waals surface area contributed by atoms with Crippen molar-refractivity contribution in [1.82, 2.24) is 0 Å². The van der Waals surface area contributed by atoms with Crippen LogP contribution in [0.4, 0.5) is 0 Å². The maximum absolute atomic E-state index is 10.7. The Kier molecular flexibility index (Phi) is 2.44. The zero-order chi connectivity index (χ0) is 9.14. The van der Waals surface area contributed by atoms with E-state index in [1.165, 1.54) is 11.3 Å². The summed E-state index contributed by atoms with van der Waals surface area (Å²) < 4.78 is 0. The first-order valence-electron chi connectivity index (χ1n) is 3.18. The van der Waals surface area contributed by atoms with Crippen LogP contribution in [0.1, 0.15) is 10.8 Å². The molecule has 0 saturated carbocycles. The van der Waals surface area contributed by atoms with E-state index in [0.717, 1.165) is 0 Å². The van der Waals surface area contributed by atoms with Crippen molar-refractivity contribution in [3.8, 4) is 0 Å². The van der Waals surface area contributed by atoms with Crippen LogP contribution in [0.5, 0.6) is 0 Å². The highest BCUT2D eigenvalue weighted by molar-refractivity contribution is 7.10. The predicted molar refractivity (Wildman–Crippen MR) is 43.9 cm³/mol. The summed E-state index contributed by atoms with van der Waals surface area (Å²) in [5, 5.41) is 10.3. The van der Waals surface area contributed by atoms with Gasteiger partial charge in [-0.05, 0) is 11.4 Å². The van der Waals surface area contributed by atoms with E-state index in [4.69, 9.17) is 10.8 Å². The highest BCUT2D eigenvalue weighted by atomic mass is 32.1. The molecule has 0 spiro atoms. The fraction of sp³-hybridized carbons (Fsp3) is 0.143. The van der Waals surface area contributed by atoms with Gasteiger partial charge in [0.2, 0.25) is 5.91 Å². The van der Waals surface area contributed by atoms with Gasteiger partial charge in [0.1, 0.15) is 0 Å². The van der Waals surface area contributed by atoms with Crippen LogP contribution in [-0.2, 0) is 9.59 Å². The molecule has 1 rings (SSSR count). The highest BCUT2D eigenvalue weighted by Crippen LogP contribution is 2.20. The van der Waals surface area contributed by atoms with Crippen LogP contribution in [0, 0.1) is 0 Å². The lowest BCUT2D eigenvalue weighted by Crippen LogP contribution is -2.27. The van der Waals surface area contributed by atoms with E-state index in [1.54, 1.807) is 17.5 Å². The monoisotopic (exact) mass is 185 g/mol. The molecule has 0 aliphatic carbocycles. The minimum atomic E-state index is -1.20. The molecular weight excluding hydrogens is 178 g/mol. The van der Waals surface area contributed by atoms with Gasteiger partial charge in [-0.1, -0.05) is 6.07 Å². The maximum Gasteiger partial charge on any atom is 0.321 e. The molecule has 1 aromatic heterocycles. The van der Waals surface area contributed by atoms with E-state index < -0.39 is 17.8 Å². The Hall–Kier alpha value is -1.36. The molecule has 12 heavy (non-hydrogen) atoms. The number of hydrogen-bond acceptors (Lipinski definition) is 3. The Morgan fingerprint density at radius 3 is 2.58 bits per heavy atom. The van der Waals surface area contributed by atoms with Crippen LogP contribution in [0.3, 0.4) is 0 Å². The fourth-order valence-electron chi connectivity index (χ4n) is 0.839. The second kappa shape index (κ2) is 3.36. The summed E-state index contributed by atoms with van der Waals surface area (Å²) in [6, 6.07) is 3.26. The zero-order valence-electron chi connectivity index (χ0n) is 6.06. The van der Waals surface area contributed by atoms with Gasteiger partial charge in [0.25, 0.3) is 0 Å². The van der Waals surface area contributed by atoms with Crippen molar-refractivity contribution in [2.24, 2.45) is 5.73 Å². The Morgan fingerprint density at radius 2 is 2.25 bits per heavy atom. The number of nitrogens with two attached hydrogens (primary N) is 1. The summed E-state index contributed by atoms with van der Waals surface area (Å²) in [5.41, 5.74) is 4.92. The second-order valence-corrected chi connectivity index (χ2v) is 3.17. The van der Waals surface area contributed by atoms with Crippen molar-refractivity contribution in [1.29, 1.82) is 0 Å². The molecule has 1 amide bonds. The molecule has 64 valence electrons. The number of amides is 1. The molecule has 0 aliphatic rings. The lowest BCUT2D eigenvalue weighted by molar-refractivity contribution is -0.142. The average molecular weight is 185 g/mol. The molecule has 0 fully saturated rings. The molecular formula is C7H7NO3S. The first-order valence-corrected chi connectivity index (χ1v) is 4.06. The summed E-state index contributed by atoms with van der Waals surface area (Å²) in [6.45, 7) is 0. The average Bonchev–Trinajstić information content (AvgIpc) is 2.37.